The molecular formula is C11H18N2O3. The molecule has 90 valence electrons. The first-order valence-electron chi connectivity index (χ1n) is 5.40. The molecule has 1 aromatic rings. The highest BCUT2D eigenvalue weighted by molar-refractivity contribution is 5.79. The van der Waals surface area contributed by atoms with E-state index in [4.69, 9.17) is 9.63 Å². The first kappa shape index (κ1) is 12.7. The molecular weight excluding hydrogens is 208 g/mol. The molecule has 0 spiro atoms. The van der Waals surface area contributed by atoms with E-state index in [1.165, 1.54) is 0 Å². The fraction of sp³-hybridized carbons (Fsp3) is 0.636. The van der Waals surface area contributed by atoms with Gasteiger partial charge < -0.3 is 14.9 Å². The maximum absolute atomic E-state index is 11.7. The molecule has 0 aliphatic carbocycles. The number of aliphatic hydroxyl groups excluding tert-OH is 1. The van der Waals surface area contributed by atoms with Gasteiger partial charge in [-0.05, 0) is 20.3 Å². The zero-order valence-corrected chi connectivity index (χ0v) is 9.91. The molecule has 1 atom stereocenters. The second kappa shape index (κ2) is 5.65. The number of nitrogens with zero attached hydrogens (tertiary/aromatic N) is 1. The molecule has 1 heterocycles. The summed E-state index contributed by atoms with van der Waals surface area (Å²) >= 11 is 0. The lowest BCUT2D eigenvalue weighted by atomic mass is 10.1. The van der Waals surface area contributed by atoms with Crippen molar-refractivity contribution in [1.29, 1.82) is 0 Å². The average molecular weight is 226 g/mol. The molecule has 0 unspecified atom stereocenters. The van der Waals surface area contributed by atoms with E-state index in [-0.39, 0.29) is 25.0 Å². The van der Waals surface area contributed by atoms with E-state index in [0.717, 1.165) is 11.3 Å². The molecule has 0 saturated heterocycles. The Morgan fingerprint density at radius 3 is 2.69 bits per heavy atom. The highest BCUT2D eigenvalue weighted by Crippen LogP contribution is 2.12. The first-order valence-corrected chi connectivity index (χ1v) is 5.40. The minimum Gasteiger partial charge on any atom is -0.394 e. The average Bonchev–Trinajstić information content (AvgIpc) is 2.57. The number of aromatic nitrogens is 1. The second-order valence-electron chi connectivity index (χ2n) is 3.83. The molecule has 0 aromatic carbocycles. The molecule has 5 nitrogen and oxygen atoms in total. The van der Waals surface area contributed by atoms with Crippen LogP contribution < -0.4 is 5.32 Å². The monoisotopic (exact) mass is 226 g/mol. The minimum absolute atomic E-state index is 0.0379. The smallest absolute Gasteiger partial charge is 0.224 e. The number of nitrogens with one attached hydrogen (secondary N) is 1. The summed E-state index contributed by atoms with van der Waals surface area (Å²) in [5.74, 6) is 0.556. The van der Waals surface area contributed by atoms with Crippen LogP contribution in [0.3, 0.4) is 0 Å². The van der Waals surface area contributed by atoms with E-state index in [1.54, 1.807) is 6.92 Å². The first-order chi connectivity index (χ1) is 7.58. The third-order valence-corrected chi connectivity index (χ3v) is 2.60. The molecule has 0 aliphatic heterocycles. The number of carbonyl (C=O) groups is 1. The summed E-state index contributed by atoms with van der Waals surface area (Å²) in [6.45, 7) is 5.47. The van der Waals surface area contributed by atoms with Gasteiger partial charge in [0.05, 0.1) is 24.8 Å². The Bertz CT molecular complexity index is 337. The Balaban J connectivity index is 2.58. The van der Waals surface area contributed by atoms with E-state index in [0.29, 0.717) is 12.2 Å². The Kier molecular flexibility index (Phi) is 4.49. The van der Waals surface area contributed by atoms with E-state index in [2.05, 4.69) is 10.5 Å². The molecule has 1 rings (SSSR count). The van der Waals surface area contributed by atoms with Crippen LogP contribution >= 0.6 is 0 Å². The molecule has 1 amide bonds. The third-order valence-electron chi connectivity index (χ3n) is 2.60. The van der Waals surface area contributed by atoms with Gasteiger partial charge in [0, 0.05) is 5.56 Å². The molecule has 2 N–H and O–H groups in total. The Hall–Kier alpha value is -1.36. The number of rotatable bonds is 5. The predicted octanol–water partition coefficient (Wildman–Crippen LogP) is 0.721. The van der Waals surface area contributed by atoms with Crippen molar-refractivity contribution >= 4 is 5.91 Å². The van der Waals surface area contributed by atoms with E-state index in [9.17, 15) is 4.79 Å². The molecule has 0 bridgehead atoms. The SMILES string of the molecule is CC[C@@H](CO)NC(=O)Cc1c(C)noc1C. The van der Waals surface area contributed by atoms with Crippen molar-refractivity contribution < 1.29 is 14.4 Å². The summed E-state index contributed by atoms with van der Waals surface area (Å²) in [6.07, 6.45) is 0.960. The lowest BCUT2D eigenvalue weighted by Crippen LogP contribution is -2.37. The van der Waals surface area contributed by atoms with Crippen molar-refractivity contribution in [1.82, 2.24) is 10.5 Å². The lowest BCUT2D eigenvalue weighted by molar-refractivity contribution is -0.121. The molecule has 5 heteroatoms. The number of carbonyl (C=O) groups excluding carboxylic acids is 1. The fourth-order valence-corrected chi connectivity index (χ4v) is 1.47. The summed E-state index contributed by atoms with van der Waals surface area (Å²) in [6, 6.07) is -0.173. The van der Waals surface area contributed by atoms with Crippen molar-refractivity contribution in [2.45, 2.75) is 39.7 Å². The van der Waals surface area contributed by atoms with Gasteiger partial charge in [0.1, 0.15) is 5.76 Å². The third kappa shape index (κ3) is 3.06. The number of aliphatic hydroxyl groups is 1. The van der Waals surface area contributed by atoms with Crippen molar-refractivity contribution in [2.75, 3.05) is 6.61 Å². The van der Waals surface area contributed by atoms with Crippen molar-refractivity contribution in [2.24, 2.45) is 0 Å². The number of hydrogen-bond acceptors (Lipinski definition) is 4. The summed E-state index contributed by atoms with van der Waals surface area (Å²) in [7, 11) is 0. The van der Waals surface area contributed by atoms with Crippen LogP contribution in [0.25, 0.3) is 0 Å². The topological polar surface area (TPSA) is 75.4 Å². The lowest BCUT2D eigenvalue weighted by Gasteiger charge is -2.13. The minimum atomic E-state index is -0.173. The number of hydrogen-bond donors (Lipinski definition) is 2. The van der Waals surface area contributed by atoms with E-state index < -0.39 is 0 Å². The normalized spacial score (nSPS) is 12.5. The van der Waals surface area contributed by atoms with Gasteiger partial charge in [-0.2, -0.15) is 0 Å². The Morgan fingerprint density at radius 1 is 1.56 bits per heavy atom. The van der Waals surface area contributed by atoms with Crippen molar-refractivity contribution in [3.63, 3.8) is 0 Å². The molecule has 16 heavy (non-hydrogen) atoms. The highest BCUT2D eigenvalue weighted by Gasteiger charge is 2.15. The van der Waals surface area contributed by atoms with Crippen LogP contribution in [0.2, 0.25) is 0 Å². The predicted molar refractivity (Wildman–Crippen MR) is 59.0 cm³/mol. The van der Waals surface area contributed by atoms with Crippen LogP contribution in [-0.2, 0) is 11.2 Å². The van der Waals surface area contributed by atoms with Gasteiger partial charge in [0.15, 0.2) is 0 Å². The Morgan fingerprint density at radius 2 is 2.25 bits per heavy atom. The molecule has 1 aromatic heterocycles. The van der Waals surface area contributed by atoms with Gasteiger partial charge in [0.2, 0.25) is 5.91 Å². The second-order valence-corrected chi connectivity index (χ2v) is 3.83. The fourth-order valence-electron chi connectivity index (χ4n) is 1.47. The molecule has 0 saturated carbocycles. The number of aryl methyl sites for hydroxylation is 2. The van der Waals surface area contributed by atoms with Crippen LogP contribution in [0, 0.1) is 13.8 Å². The van der Waals surface area contributed by atoms with Gasteiger partial charge in [-0.1, -0.05) is 12.1 Å². The van der Waals surface area contributed by atoms with Gasteiger partial charge in [-0.3, -0.25) is 4.79 Å². The van der Waals surface area contributed by atoms with Crippen LogP contribution in [0.1, 0.15) is 30.4 Å². The Labute approximate surface area is 94.8 Å². The van der Waals surface area contributed by atoms with Gasteiger partial charge in [-0.15, -0.1) is 0 Å². The van der Waals surface area contributed by atoms with Gasteiger partial charge >= 0.3 is 0 Å². The zero-order valence-electron chi connectivity index (χ0n) is 9.91. The molecule has 0 aliphatic rings. The largest absolute Gasteiger partial charge is 0.394 e. The van der Waals surface area contributed by atoms with E-state index >= 15 is 0 Å². The molecule has 0 fully saturated rings. The van der Waals surface area contributed by atoms with Gasteiger partial charge in [0.25, 0.3) is 0 Å². The van der Waals surface area contributed by atoms with Crippen LogP contribution in [0.5, 0.6) is 0 Å². The maximum atomic E-state index is 11.7. The molecule has 0 radical (unpaired) electrons. The van der Waals surface area contributed by atoms with Crippen LogP contribution in [-0.4, -0.2) is 28.8 Å². The quantitative estimate of drug-likeness (QED) is 0.775. The van der Waals surface area contributed by atoms with Gasteiger partial charge in [-0.25, -0.2) is 0 Å². The number of amides is 1. The summed E-state index contributed by atoms with van der Waals surface area (Å²) in [5, 5.41) is 15.5. The zero-order chi connectivity index (χ0) is 12.1. The highest BCUT2D eigenvalue weighted by atomic mass is 16.5. The van der Waals surface area contributed by atoms with Crippen LogP contribution in [0.15, 0.2) is 4.52 Å². The standard InChI is InChI=1S/C11H18N2O3/c1-4-9(6-14)12-11(15)5-10-7(2)13-16-8(10)3/h9,14H,4-6H2,1-3H3,(H,12,15)/t9-/m0/s1. The van der Waals surface area contributed by atoms with Crippen molar-refractivity contribution in [3.8, 4) is 0 Å². The summed E-state index contributed by atoms with van der Waals surface area (Å²) < 4.78 is 4.97. The maximum Gasteiger partial charge on any atom is 0.224 e. The van der Waals surface area contributed by atoms with Crippen molar-refractivity contribution in [3.05, 3.63) is 17.0 Å². The summed E-state index contributed by atoms with van der Waals surface area (Å²) in [5.41, 5.74) is 1.56. The van der Waals surface area contributed by atoms with Crippen LogP contribution in [0.4, 0.5) is 0 Å². The van der Waals surface area contributed by atoms with E-state index in [1.807, 2.05) is 13.8 Å². The summed E-state index contributed by atoms with van der Waals surface area (Å²) in [4.78, 5) is 11.7.